The van der Waals surface area contributed by atoms with E-state index in [2.05, 4.69) is 15.0 Å². The molecule has 10 heteroatoms. The zero-order valence-corrected chi connectivity index (χ0v) is 18.2. The molecule has 0 saturated carbocycles. The number of thiazole rings is 1. The van der Waals surface area contributed by atoms with E-state index in [9.17, 15) is 13.2 Å². The Kier molecular flexibility index (Phi) is 5.16. The number of nitrogens with zero attached hydrogens (tertiary/aromatic N) is 1. The highest BCUT2D eigenvalue weighted by molar-refractivity contribution is 7.92. The van der Waals surface area contributed by atoms with Crippen LogP contribution in [0.4, 0.5) is 10.8 Å². The van der Waals surface area contributed by atoms with E-state index in [1.165, 1.54) is 29.5 Å². The molecule has 32 heavy (non-hydrogen) atoms. The lowest BCUT2D eigenvalue weighted by Crippen LogP contribution is -2.18. The SMILES string of the molecule is O=C(Nc1nc2cc3c(cc2s1)OCCO3)c1ccccc1NS(=O)(=O)c1ccccc1. The minimum absolute atomic E-state index is 0.106. The average Bonchev–Trinajstić information content (AvgIpc) is 3.19. The van der Waals surface area contributed by atoms with Crippen molar-refractivity contribution in [3.05, 3.63) is 72.3 Å². The number of benzene rings is 3. The van der Waals surface area contributed by atoms with Crippen LogP contribution in [-0.4, -0.2) is 32.5 Å². The minimum Gasteiger partial charge on any atom is -0.486 e. The van der Waals surface area contributed by atoms with Gasteiger partial charge in [-0.25, -0.2) is 13.4 Å². The number of para-hydroxylation sites is 1. The van der Waals surface area contributed by atoms with Gasteiger partial charge in [-0.2, -0.15) is 0 Å². The maximum atomic E-state index is 13.0. The fourth-order valence-corrected chi connectivity index (χ4v) is 5.23. The summed E-state index contributed by atoms with van der Waals surface area (Å²) in [5.41, 5.74) is 1.03. The van der Waals surface area contributed by atoms with E-state index in [1.807, 2.05) is 6.07 Å². The van der Waals surface area contributed by atoms with Crippen molar-refractivity contribution in [2.45, 2.75) is 4.90 Å². The first-order valence-corrected chi connectivity index (χ1v) is 12.0. The van der Waals surface area contributed by atoms with Crippen molar-refractivity contribution >= 4 is 48.3 Å². The second-order valence-electron chi connectivity index (χ2n) is 6.90. The third-order valence-corrected chi connectivity index (χ3v) is 7.06. The van der Waals surface area contributed by atoms with Gasteiger partial charge >= 0.3 is 0 Å². The number of hydrogen-bond acceptors (Lipinski definition) is 7. The van der Waals surface area contributed by atoms with Crippen LogP contribution in [0.2, 0.25) is 0 Å². The molecule has 0 atom stereocenters. The minimum atomic E-state index is -3.84. The Hall–Kier alpha value is -3.63. The van der Waals surface area contributed by atoms with Crippen molar-refractivity contribution in [3.63, 3.8) is 0 Å². The lowest BCUT2D eigenvalue weighted by atomic mass is 10.2. The van der Waals surface area contributed by atoms with Gasteiger partial charge in [0.15, 0.2) is 16.6 Å². The number of fused-ring (bicyclic) bond motifs is 2. The second-order valence-corrected chi connectivity index (χ2v) is 9.61. The van der Waals surface area contributed by atoms with Gasteiger partial charge < -0.3 is 9.47 Å². The van der Waals surface area contributed by atoms with E-state index in [0.717, 1.165) is 4.70 Å². The Labute approximate surface area is 187 Å². The first-order chi connectivity index (χ1) is 15.5. The van der Waals surface area contributed by atoms with Crippen LogP contribution in [-0.2, 0) is 10.0 Å². The van der Waals surface area contributed by atoms with Crippen molar-refractivity contribution in [3.8, 4) is 11.5 Å². The summed E-state index contributed by atoms with van der Waals surface area (Å²) in [6.07, 6.45) is 0. The van der Waals surface area contributed by atoms with E-state index in [1.54, 1.807) is 42.5 Å². The summed E-state index contributed by atoms with van der Waals surface area (Å²) in [5, 5.41) is 3.14. The van der Waals surface area contributed by atoms with Gasteiger partial charge in [-0.1, -0.05) is 41.7 Å². The fourth-order valence-electron chi connectivity index (χ4n) is 3.26. The summed E-state index contributed by atoms with van der Waals surface area (Å²) < 4.78 is 39.9. The molecule has 0 spiro atoms. The third kappa shape index (κ3) is 3.97. The van der Waals surface area contributed by atoms with Crippen molar-refractivity contribution in [1.82, 2.24) is 4.98 Å². The number of aromatic nitrogens is 1. The number of nitrogens with one attached hydrogen (secondary N) is 2. The number of anilines is 2. The number of ether oxygens (including phenoxy) is 2. The fraction of sp³-hybridized carbons (Fsp3) is 0.0909. The van der Waals surface area contributed by atoms with Crippen molar-refractivity contribution in [2.75, 3.05) is 23.3 Å². The summed E-state index contributed by atoms with van der Waals surface area (Å²) in [6.45, 7) is 0.957. The molecule has 1 amide bonds. The summed E-state index contributed by atoms with van der Waals surface area (Å²) >= 11 is 1.29. The number of amides is 1. The van der Waals surface area contributed by atoms with E-state index in [4.69, 9.17) is 9.47 Å². The summed E-state index contributed by atoms with van der Waals surface area (Å²) in [6, 6.07) is 18.0. The van der Waals surface area contributed by atoms with E-state index in [-0.39, 0.29) is 16.1 Å². The topological polar surface area (TPSA) is 107 Å². The molecule has 1 aromatic heterocycles. The van der Waals surface area contributed by atoms with Crippen LogP contribution in [0.15, 0.2) is 71.6 Å². The zero-order valence-electron chi connectivity index (χ0n) is 16.6. The van der Waals surface area contributed by atoms with Gasteiger partial charge in [0.05, 0.1) is 26.4 Å². The van der Waals surface area contributed by atoms with Gasteiger partial charge in [-0.05, 0) is 24.3 Å². The predicted molar refractivity (Wildman–Crippen MR) is 122 cm³/mol. The first kappa shape index (κ1) is 20.3. The van der Waals surface area contributed by atoms with Crippen molar-refractivity contribution in [2.24, 2.45) is 0 Å². The molecule has 5 rings (SSSR count). The smallest absolute Gasteiger partial charge is 0.261 e. The second kappa shape index (κ2) is 8.13. The van der Waals surface area contributed by atoms with Gasteiger partial charge in [0, 0.05) is 12.1 Å². The largest absolute Gasteiger partial charge is 0.486 e. The van der Waals surface area contributed by atoms with E-state index in [0.29, 0.717) is 35.4 Å². The number of hydrogen-bond donors (Lipinski definition) is 2. The van der Waals surface area contributed by atoms with Crippen molar-refractivity contribution < 1.29 is 22.7 Å². The summed E-state index contributed by atoms with van der Waals surface area (Å²) in [4.78, 5) is 17.5. The highest BCUT2D eigenvalue weighted by Gasteiger charge is 2.20. The molecule has 0 fully saturated rings. The Bertz CT molecular complexity index is 1380. The number of carbonyl (C=O) groups is 1. The molecule has 2 N–H and O–H groups in total. The van der Waals surface area contributed by atoms with Crippen molar-refractivity contribution in [1.29, 1.82) is 0 Å². The van der Waals surface area contributed by atoms with Crippen LogP contribution in [0, 0.1) is 0 Å². The molecule has 162 valence electrons. The molecule has 0 saturated heterocycles. The molecule has 4 aromatic rings. The quantitative estimate of drug-likeness (QED) is 0.457. The molecule has 0 aliphatic carbocycles. The van der Waals surface area contributed by atoms with Gasteiger partial charge in [0.1, 0.15) is 13.2 Å². The highest BCUT2D eigenvalue weighted by atomic mass is 32.2. The number of carbonyl (C=O) groups excluding carboxylic acids is 1. The maximum absolute atomic E-state index is 13.0. The molecule has 1 aliphatic rings. The van der Waals surface area contributed by atoms with Crippen LogP contribution < -0.4 is 19.5 Å². The molecule has 0 radical (unpaired) electrons. The van der Waals surface area contributed by atoms with Gasteiger partial charge in [-0.15, -0.1) is 0 Å². The Balaban J connectivity index is 1.41. The lowest BCUT2D eigenvalue weighted by Gasteiger charge is -2.17. The molecular formula is C22H17N3O5S2. The van der Waals surface area contributed by atoms with Crippen LogP contribution >= 0.6 is 11.3 Å². The van der Waals surface area contributed by atoms with E-state index >= 15 is 0 Å². The van der Waals surface area contributed by atoms with Crippen LogP contribution in [0.1, 0.15) is 10.4 Å². The van der Waals surface area contributed by atoms with E-state index < -0.39 is 15.9 Å². The van der Waals surface area contributed by atoms with Crippen LogP contribution in [0.3, 0.4) is 0 Å². The Morgan fingerprint density at radius 2 is 1.62 bits per heavy atom. The van der Waals surface area contributed by atoms with Gasteiger partial charge in [0.2, 0.25) is 0 Å². The number of rotatable bonds is 5. The molecule has 0 unspecified atom stereocenters. The molecule has 3 aromatic carbocycles. The highest BCUT2D eigenvalue weighted by Crippen LogP contribution is 2.38. The van der Waals surface area contributed by atoms with Crippen LogP contribution in [0.25, 0.3) is 10.2 Å². The molecule has 0 bridgehead atoms. The molecule has 1 aliphatic heterocycles. The summed E-state index contributed by atoms with van der Waals surface area (Å²) in [7, 11) is -3.84. The summed E-state index contributed by atoms with van der Waals surface area (Å²) in [5.74, 6) is 0.784. The Morgan fingerprint density at radius 1 is 0.938 bits per heavy atom. The maximum Gasteiger partial charge on any atom is 0.261 e. The normalized spacial score (nSPS) is 13.0. The monoisotopic (exact) mass is 467 g/mol. The molecular weight excluding hydrogens is 450 g/mol. The molecule has 8 nitrogen and oxygen atoms in total. The average molecular weight is 468 g/mol. The zero-order chi connectivity index (χ0) is 22.1. The van der Waals surface area contributed by atoms with Gasteiger partial charge in [0.25, 0.3) is 15.9 Å². The Morgan fingerprint density at radius 3 is 2.41 bits per heavy atom. The lowest BCUT2D eigenvalue weighted by molar-refractivity contribution is 0.102. The number of sulfonamides is 1. The molecule has 2 heterocycles. The van der Waals surface area contributed by atoms with Gasteiger partial charge in [-0.3, -0.25) is 14.8 Å². The third-order valence-electron chi connectivity index (χ3n) is 4.74. The first-order valence-electron chi connectivity index (χ1n) is 9.68. The standard InChI is InChI=1S/C22H17N3O5S2/c26-21(24-22-23-17-12-18-19(13-20(17)31-22)30-11-10-29-18)15-8-4-5-9-16(15)25-32(27,28)14-6-2-1-3-7-14/h1-9,12-13,25H,10-11H2,(H,23,24,26). The predicted octanol–water partition coefficient (Wildman–Crippen LogP) is 4.12. The van der Waals surface area contributed by atoms with Crippen LogP contribution in [0.5, 0.6) is 11.5 Å².